The summed E-state index contributed by atoms with van der Waals surface area (Å²) in [6.07, 6.45) is 18.4. The molecule has 0 saturated carbocycles. The average Bonchev–Trinajstić information content (AvgIpc) is 3.59. The van der Waals surface area contributed by atoms with E-state index in [0.717, 1.165) is 47.5 Å². The van der Waals surface area contributed by atoms with Crippen LogP contribution in [-0.4, -0.2) is 52.1 Å². The number of nitrogens with one attached hydrogen (secondary N) is 3. The van der Waals surface area contributed by atoms with Crippen LogP contribution in [0.2, 0.25) is 0 Å². The first-order valence-electron chi connectivity index (χ1n) is 11.6. The van der Waals surface area contributed by atoms with Crippen molar-refractivity contribution in [3.63, 3.8) is 0 Å². The third kappa shape index (κ3) is 3.71. The Morgan fingerprint density at radius 3 is 2.88 bits per heavy atom. The van der Waals surface area contributed by atoms with Crippen molar-refractivity contribution in [1.29, 1.82) is 0 Å². The Morgan fingerprint density at radius 1 is 1.09 bits per heavy atom. The van der Waals surface area contributed by atoms with E-state index >= 15 is 0 Å². The summed E-state index contributed by atoms with van der Waals surface area (Å²) >= 11 is 0. The molecule has 3 aromatic heterocycles. The molecule has 0 spiro atoms. The molecule has 2 aliphatic heterocycles. The van der Waals surface area contributed by atoms with E-state index in [4.69, 9.17) is 0 Å². The fourth-order valence-electron chi connectivity index (χ4n) is 4.91. The van der Waals surface area contributed by atoms with E-state index in [1.54, 1.807) is 0 Å². The topological polar surface area (TPSA) is 68.9 Å². The number of aromatic nitrogens is 3. The van der Waals surface area contributed by atoms with Crippen LogP contribution in [0.4, 0.5) is 5.82 Å². The second-order valence-corrected chi connectivity index (χ2v) is 8.82. The lowest BCUT2D eigenvalue weighted by Crippen LogP contribution is -2.26. The van der Waals surface area contributed by atoms with Crippen LogP contribution in [0.15, 0.2) is 66.8 Å². The van der Waals surface area contributed by atoms with Gasteiger partial charge in [-0.15, -0.1) is 0 Å². The summed E-state index contributed by atoms with van der Waals surface area (Å²) in [5, 5.41) is 7.99. The second kappa shape index (κ2) is 8.28. The highest BCUT2D eigenvalue weighted by molar-refractivity contribution is 5.96. The smallest absolute Gasteiger partial charge is 0.137 e. The van der Waals surface area contributed by atoms with Crippen LogP contribution in [0.1, 0.15) is 24.8 Å². The Labute approximate surface area is 188 Å². The van der Waals surface area contributed by atoms with Gasteiger partial charge in [0.05, 0.1) is 6.04 Å². The molecule has 1 aliphatic carbocycles. The summed E-state index contributed by atoms with van der Waals surface area (Å²) in [6.45, 7) is 4.47. The minimum absolute atomic E-state index is 0.422. The summed E-state index contributed by atoms with van der Waals surface area (Å²) in [6, 6.07) is 6.84. The Balaban J connectivity index is 1.20. The van der Waals surface area contributed by atoms with Crippen molar-refractivity contribution in [2.45, 2.75) is 25.3 Å². The molecule has 1 saturated heterocycles. The third-order valence-corrected chi connectivity index (χ3v) is 6.74. The normalized spacial score (nSPS) is 20.2. The predicted octanol–water partition coefficient (Wildman–Crippen LogP) is 4.33. The van der Waals surface area contributed by atoms with E-state index in [2.05, 4.69) is 73.1 Å². The molecule has 1 atom stereocenters. The van der Waals surface area contributed by atoms with Crippen LogP contribution in [0.5, 0.6) is 0 Å². The van der Waals surface area contributed by atoms with Crippen molar-refractivity contribution in [1.82, 2.24) is 25.2 Å². The summed E-state index contributed by atoms with van der Waals surface area (Å²) in [4.78, 5) is 15.2. The van der Waals surface area contributed by atoms with Crippen molar-refractivity contribution in [3.05, 3.63) is 72.4 Å². The van der Waals surface area contributed by atoms with Crippen molar-refractivity contribution in [2.24, 2.45) is 0 Å². The summed E-state index contributed by atoms with van der Waals surface area (Å²) in [5.74, 6) is 0.927. The molecule has 0 bridgehead atoms. The highest BCUT2D eigenvalue weighted by Crippen LogP contribution is 2.33. The Bertz CT molecular complexity index is 1210. The molecule has 3 N–H and O–H groups in total. The van der Waals surface area contributed by atoms with E-state index in [9.17, 15) is 0 Å². The molecule has 0 amide bonds. The van der Waals surface area contributed by atoms with Crippen molar-refractivity contribution in [2.75, 3.05) is 31.5 Å². The molecule has 0 aromatic carbocycles. The molecular formula is C26H28N6. The molecule has 3 aromatic rings. The largest absolute Gasteiger partial charge is 0.384 e. The van der Waals surface area contributed by atoms with Crippen LogP contribution >= 0.6 is 0 Å². The minimum Gasteiger partial charge on any atom is -0.384 e. The SMILES string of the molecule is C1=CC2=CC(c3c[nH]c4ncc(-c5ccc(NCCN6CCCC6)nc5)cc34)=CCC2N1. The van der Waals surface area contributed by atoms with Crippen LogP contribution in [0.25, 0.3) is 27.7 Å². The number of hydrogen-bond acceptors (Lipinski definition) is 5. The molecule has 162 valence electrons. The van der Waals surface area contributed by atoms with Gasteiger partial charge in [0.1, 0.15) is 11.5 Å². The second-order valence-electron chi connectivity index (χ2n) is 8.82. The molecule has 5 heterocycles. The predicted molar refractivity (Wildman–Crippen MR) is 130 cm³/mol. The quantitative estimate of drug-likeness (QED) is 0.550. The Kier molecular flexibility index (Phi) is 5.00. The number of rotatable bonds is 6. The monoisotopic (exact) mass is 424 g/mol. The minimum atomic E-state index is 0.422. The van der Waals surface area contributed by atoms with Crippen molar-refractivity contribution >= 4 is 22.4 Å². The van der Waals surface area contributed by atoms with Gasteiger partial charge in [0.15, 0.2) is 0 Å². The average molecular weight is 425 g/mol. The molecule has 3 aliphatic rings. The molecule has 0 radical (unpaired) electrons. The molecule has 6 heteroatoms. The summed E-state index contributed by atoms with van der Waals surface area (Å²) in [7, 11) is 0. The van der Waals surface area contributed by atoms with Crippen LogP contribution in [-0.2, 0) is 0 Å². The maximum atomic E-state index is 4.68. The fourth-order valence-corrected chi connectivity index (χ4v) is 4.91. The Hall–Kier alpha value is -3.38. The van der Waals surface area contributed by atoms with Gasteiger partial charge in [-0.05, 0) is 80.0 Å². The summed E-state index contributed by atoms with van der Waals surface area (Å²) in [5.41, 5.74) is 6.88. The third-order valence-electron chi connectivity index (χ3n) is 6.74. The van der Waals surface area contributed by atoms with Crippen molar-refractivity contribution in [3.8, 4) is 11.1 Å². The first-order valence-corrected chi connectivity index (χ1v) is 11.6. The highest BCUT2D eigenvalue weighted by Gasteiger charge is 2.20. The van der Waals surface area contributed by atoms with Crippen LogP contribution in [0.3, 0.4) is 0 Å². The molecule has 1 fully saturated rings. The number of H-pyrrole nitrogens is 1. The lowest BCUT2D eigenvalue weighted by Gasteiger charge is -2.17. The lowest BCUT2D eigenvalue weighted by molar-refractivity contribution is 0.352. The first-order chi connectivity index (χ1) is 15.8. The van der Waals surface area contributed by atoms with E-state index in [1.807, 2.05) is 18.6 Å². The van der Waals surface area contributed by atoms with Gasteiger partial charge in [-0.1, -0.05) is 6.08 Å². The molecule has 32 heavy (non-hydrogen) atoms. The van der Waals surface area contributed by atoms with Gasteiger partial charge in [-0.2, -0.15) is 0 Å². The van der Waals surface area contributed by atoms with Gasteiger partial charge in [0, 0.05) is 53.8 Å². The number of hydrogen-bond donors (Lipinski definition) is 3. The number of anilines is 1. The van der Waals surface area contributed by atoms with Gasteiger partial charge in [-0.25, -0.2) is 9.97 Å². The van der Waals surface area contributed by atoms with Crippen LogP contribution in [0, 0.1) is 0 Å². The van der Waals surface area contributed by atoms with E-state index < -0.39 is 0 Å². The lowest BCUT2D eigenvalue weighted by atomic mass is 9.92. The van der Waals surface area contributed by atoms with E-state index in [-0.39, 0.29) is 0 Å². The van der Waals surface area contributed by atoms with E-state index in [0.29, 0.717) is 6.04 Å². The number of fused-ring (bicyclic) bond motifs is 2. The molecular weight excluding hydrogens is 396 g/mol. The van der Waals surface area contributed by atoms with E-state index in [1.165, 1.54) is 42.6 Å². The number of aromatic amines is 1. The highest BCUT2D eigenvalue weighted by atomic mass is 15.2. The standard InChI is InChI=1S/C26H28N6/c1-2-11-32(10-1)12-9-28-25-6-4-20(15-29-25)21-14-22-23(17-31-26(22)30-16-21)18-3-5-24-19(13-18)7-8-27-24/h3-4,6-8,13-17,24,27H,1-2,5,9-12H2,(H,28,29)(H,30,31). The molecule has 1 unspecified atom stereocenters. The number of allylic oxidation sites excluding steroid dienone is 2. The van der Waals surface area contributed by atoms with Gasteiger partial charge in [0.25, 0.3) is 0 Å². The zero-order valence-electron chi connectivity index (χ0n) is 18.1. The fraction of sp³-hybridized carbons (Fsp3) is 0.308. The van der Waals surface area contributed by atoms with Crippen LogP contribution < -0.4 is 10.6 Å². The first kappa shape index (κ1) is 19.3. The zero-order chi connectivity index (χ0) is 21.3. The van der Waals surface area contributed by atoms with Gasteiger partial charge >= 0.3 is 0 Å². The molecule has 6 rings (SSSR count). The number of likely N-dealkylation sites (tertiary alicyclic amines) is 1. The van der Waals surface area contributed by atoms with Gasteiger partial charge in [-0.3, -0.25) is 0 Å². The van der Waals surface area contributed by atoms with Gasteiger partial charge < -0.3 is 20.5 Å². The molecule has 6 nitrogen and oxygen atoms in total. The number of nitrogens with zero attached hydrogens (tertiary/aromatic N) is 3. The Morgan fingerprint density at radius 2 is 2.00 bits per heavy atom. The number of pyridine rings is 2. The van der Waals surface area contributed by atoms with Gasteiger partial charge in [0.2, 0.25) is 0 Å². The zero-order valence-corrected chi connectivity index (χ0v) is 18.1. The van der Waals surface area contributed by atoms with Crippen molar-refractivity contribution < 1.29 is 0 Å². The maximum absolute atomic E-state index is 4.68. The summed E-state index contributed by atoms with van der Waals surface area (Å²) < 4.78 is 0. The maximum Gasteiger partial charge on any atom is 0.137 e.